The van der Waals surface area contributed by atoms with E-state index in [9.17, 15) is 4.39 Å². The van der Waals surface area contributed by atoms with Crippen molar-refractivity contribution in [2.45, 2.75) is 39.8 Å². The first kappa shape index (κ1) is 19.8. The van der Waals surface area contributed by atoms with Crippen LogP contribution >= 0.6 is 0 Å². The van der Waals surface area contributed by atoms with Gasteiger partial charge in [0.2, 0.25) is 5.89 Å². The zero-order valence-corrected chi connectivity index (χ0v) is 15.5. The van der Waals surface area contributed by atoms with E-state index in [-0.39, 0.29) is 18.5 Å². The molecule has 2 aromatic rings. The second-order valence-electron chi connectivity index (χ2n) is 5.61. The summed E-state index contributed by atoms with van der Waals surface area (Å²) in [6.07, 6.45) is 0.349. The quantitative estimate of drug-likeness (QED) is 0.526. The van der Waals surface area contributed by atoms with Gasteiger partial charge in [0.05, 0.1) is 0 Å². The minimum absolute atomic E-state index is 0.196. The van der Waals surface area contributed by atoms with Gasteiger partial charge in [-0.25, -0.2) is 9.38 Å². The molecule has 0 bridgehead atoms. The molecule has 26 heavy (non-hydrogen) atoms. The van der Waals surface area contributed by atoms with Crippen LogP contribution in [0.1, 0.15) is 44.2 Å². The molecule has 2 rings (SSSR count). The van der Waals surface area contributed by atoms with E-state index in [0.29, 0.717) is 49.4 Å². The van der Waals surface area contributed by atoms with E-state index in [1.165, 1.54) is 6.07 Å². The van der Waals surface area contributed by atoms with Gasteiger partial charge in [-0.1, -0.05) is 23.4 Å². The zero-order chi connectivity index (χ0) is 18.8. The fourth-order valence-electron chi connectivity index (χ4n) is 2.33. The van der Waals surface area contributed by atoms with E-state index < -0.39 is 0 Å². The predicted molar refractivity (Wildman–Crippen MR) is 97.3 cm³/mol. The summed E-state index contributed by atoms with van der Waals surface area (Å²) in [6.45, 7) is 7.86. The predicted octanol–water partition coefficient (Wildman–Crippen LogP) is 2.60. The highest BCUT2D eigenvalue weighted by atomic mass is 19.1. The Morgan fingerprint density at radius 3 is 2.85 bits per heavy atom. The molecular weight excluding hydrogens is 337 g/mol. The number of benzene rings is 1. The molecule has 2 N–H and O–H groups in total. The monoisotopic (exact) mass is 363 g/mol. The molecule has 8 heteroatoms. The first-order chi connectivity index (χ1) is 12.6. The molecule has 1 aromatic carbocycles. The zero-order valence-electron chi connectivity index (χ0n) is 15.5. The molecule has 1 aromatic heterocycles. The lowest BCUT2D eigenvalue weighted by Gasteiger charge is -2.11. The number of ether oxygens (including phenoxy) is 1. The van der Waals surface area contributed by atoms with Crippen LogP contribution in [0.3, 0.4) is 0 Å². The number of rotatable bonds is 9. The highest BCUT2D eigenvalue weighted by Crippen LogP contribution is 2.13. The molecule has 142 valence electrons. The maximum absolute atomic E-state index is 13.6. The van der Waals surface area contributed by atoms with Crippen LogP contribution in [-0.2, 0) is 17.7 Å². The topological polar surface area (TPSA) is 84.6 Å². The van der Waals surface area contributed by atoms with Crippen LogP contribution in [-0.4, -0.2) is 35.8 Å². The van der Waals surface area contributed by atoms with Gasteiger partial charge in [-0.15, -0.1) is 0 Å². The molecule has 0 saturated carbocycles. The number of guanidine groups is 1. The Morgan fingerprint density at radius 1 is 1.31 bits per heavy atom. The van der Waals surface area contributed by atoms with E-state index in [1.54, 1.807) is 12.1 Å². The van der Waals surface area contributed by atoms with Gasteiger partial charge in [0.25, 0.3) is 0 Å². The normalized spacial score (nSPS) is 12.8. The molecule has 7 nitrogen and oxygen atoms in total. The van der Waals surface area contributed by atoms with Crippen molar-refractivity contribution in [3.8, 4) is 0 Å². The molecule has 0 amide bonds. The van der Waals surface area contributed by atoms with Crippen molar-refractivity contribution in [2.24, 2.45) is 4.99 Å². The van der Waals surface area contributed by atoms with Gasteiger partial charge in [0.15, 0.2) is 11.8 Å². The van der Waals surface area contributed by atoms with E-state index in [4.69, 9.17) is 9.26 Å². The second-order valence-corrected chi connectivity index (χ2v) is 5.61. The van der Waals surface area contributed by atoms with Crippen LogP contribution in [0.5, 0.6) is 0 Å². The number of halogens is 1. The van der Waals surface area contributed by atoms with Crippen molar-refractivity contribution in [3.63, 3.8) is 0 Å². The lowest BCUT2D eigenvalue weighted by atomic mass is 10.1. The molecule has 0 aliphatic carbocycles. The summed E-state index contributed by atoms with van der Waals surface area (Å²) in [5.41, 5.74) is 0.669. The van der Waals surface area contributed by atoms with Gasteiger partial charge < -0.3 is 19.9 Å². The van der Waals surface area contributed by atoms with Crippen LogP contribution in [0.2, 0.25) is 0 Å². The standard InChI is InChI=1S/C18H26FN5O2/c1-4-20-18(21-11-10-14-8-6-7-9-15(14)19)22-12-16-23-17(24-26-16)13(3)25-5-2/h6-9,13H,4-5,10-12H2,1-3H3,(H2,20,21,22). The van der Waals surface area contributed by atoms with Gasteiger partial charge in [0, 0.05) is 19.7 Å². The van der Waals surface area contributed by atoms with E-state index >= 15 is 0 Å². The number of hydrogen-bond donors (Lipinski definition) is 2. The van der Waals surface area contributed by atoms with Gasteiger partial charge in [0.1, 0.15) is 18.5 Å². The molecule has 1 unspecified atom stereocenters. The molecule has 0 radical (unpaired) electrons. The van der Waals surface area contributed by atoms with Crippen molar-refractivity contribution in [2.75, 3.05) is 19.7 Å². The number of aliphatic imine (C=N–C) groups is 1. The Kier molecular flexibility index (Phi) is 8.01. The molecule has 0 aliphatic rings. The highest BCUT2D eigenvalue weighted by Gasteiger charge is 2.13. The summed E-state index contributed by atoms with van der Waals surface area (Å²) in [6, 6.07) is 6.75. The number of aromatic nitrogens is 2. The third-order valence-electron chi connectivity index (χ3n) is 3.63. The van der Waals surface area contributed by atoms with Crippen molar-refractivity contribution in [3.05, 3.63) is 47.4 Å². The molecule has 0 fully saturated rings. The molecule has 0 aliphatic heterocycles. The summed E-state index contributed by atoms with van der Waals surface area (Å²) in [7, 11) is 0. The second kappa shape index (κ2) is 10.5. The average Bonchev–Trinajstić information content (AvgIpc) is 3.10. The van der Waals surface area contributed by atoms with Crippen molar-refractivity contribution in [1.82, 2.24) is 20.8 Å². The number of nitrogens with one attached hydrogen (secondary N) is 2. The minimum Gasteiger partial charge on any atom is -0.371 e. The highest BCUT2D eigenvalue weighted by molar-refractivity contribution is 5.79. The lowest BCUT2D eigenvalue weighted by molar-refractivity contribution is 0.0683. The van der Waals surface area contributed by atoms with Crippen LogP contribution in [0, 0.1) is 5.82 Å². The smallest absolute Gasteiger partial charge is 0.248 e. The average molecular weight is 363 g/mol. The van der Waals surface area contributed by atoms with E-state index in [1.807, 2.05) is 26.8 Å². The van der Waals surface area contributed by atoms with E-state index in [2.05, 4.69) is 25.8 Å². The van der Waals surface area contributed by atoms with Crippen LogP contribution < -0.4 is 10.6 Å². The van der Waals surface area contributed by atoms with Gasteiger partial charge in [-0.2, -0.15) is 4.98 Å². The Bertz CT molecular complexity index is 704. The summed E-state index contributed by atoms with van der Waals surface area (Å²) in [5, 5.41) is 10.2. The largest absolute Gasteiger partial charge is 0.371 e. The third-order valence-corrected chi connectivity index (χ3v) is 3.63. The minimum atomic E-state index is -0.214. The van der Waals surface area contributed by atoms with Crippen molar-refractivity contribution < 1.29 is 13.7 Å². The SMILES string of the molecule is CCNC(=NCc1nc(C(C)OCC)no1)NCCc1ccccc1F. The Morgan fingerprint density at radius 2 is 2.12 bits per heavy atom. The number of nitrogens with zero attached hydrogens (tertiary/aromatic N) is 3. The van der Waals surface area contributed by atoms with E-state index in [0.717, 1.165) is 0 Å². The molecule has 1 heterocycles. The summed E-state index contributed by atoms with van der Waals surface area (Å²) in [5.74, 6) is 1.34. The fraction of sp³-hybridized carbons (Fsp3) is 0.500. The van der Waals surface area contributed by atoms with Gasteiger partial charge in [-0.05, 0) is 38.8 Å². The maximum Gasteiger partial charge on any atom is 0.248 e. The lowest BCUT2D eigenvalue weighted by Crippen LogP contribution is -2.38. The molecular formula is C18H26FN5O2. The van der Waals surface area contributed by atoms with Gasteiger partial charge in [-0.3, -0.25) is 0 Å². The third kappa shape index (κ3) is 6.11. The summed E-state index contributed by atoms with van der Waals surface area (Å²) in [4.78, 5) is 8.70. The van der Waals surface area contributed by atoms with Crippen molar-refractivity contribution in [1.29, 1.82) is 0 Å². The molecule has 0 saturated heterocycles. The van der Waals surface area contributed by atoms with Gasteiger partial charge >= 0.3 is 0 Å². The summed E-state index contributed by atoms with van der Waals surface area (Å²) >= 11 is 0. The Hall–Kier alpha value is -2.48. The first-order valence-corrected chi connectivity index (χ1v) is 8.83. The number of hydrogen-bond acceptors (Lipinski definition) is 5. The van der Waals surface area contributed by atoms with Crippen LogP contribution in [0.4, 0.5) is 4.39 Å². The Labute approximate surface area is 153 Å². The fourth-order valence-corrected chi connectivity index (χ4v) is 2.33. The first-order valence-electron chi connectivity index (χ1n) is 8.83. The summed E-state index contributed by atoms with van der Waals surface area (Å²) < 4.78 is 24.3. The van der Waals surface area contributed by atoms with Crippen molar-refractivity contribution >= 4 is 5.96 Å². The van der Waals surface area contributed by atoms with Crippen LogP contribution in [0.15, 0.2) is 33.8 Å². The maximum atomic E-state index is 13.6. The van der Waals surface area contributed by atoms with Crippen LogP contribution in [0.25, 0.3) is 0 Å². The Balaban J connectivity index is 1.89. The molecule has 0 spiro atoms. The molecule has 1 atom stereocenters.